The fraction of sp³-hybridized carbons (Fsp3) is 0.923. The van der Waals surface area contributed by atoms with Gasteiger partial charge in [-0.2, -0.15) is 0 Å². The molecule has 2 aliphatic rings. The second kappa shape index (κ2) is 6.10. The number of nitrogens with one attached hydrogen (secondary N) is 1. The highest BCUT2D eigenvalue weighted by molar-refractivity contribution is 8.14. The number of hydrogen-bond acceptors (Lipinski definition) is 4. The highest BCUT2D eigenvalue weighted by atomic mass is 32.2. The minimum Gasteiger partial charge on any atom is -0.361 e. The van der Waals surface area contributed by atoms with Crippen molar-refractivity contribution >= 4 is 16.9 Å². The van der Waals surface area contributed by atoms with Gasteiger partial charge in [0.1, 0.15) is 0 Å². The molecule has 2 atom stereocenters. The molecule has 0 aromatic carbocycles. The summed E-state index contributed by atoms with van der Waals surface area (Å²) in [5.41, 5.74) is 0. The summed E-state index contributed by atoms with van der Waals surface area (Å²) in [6, 6.07) is 1.03. The predicted molar refractivity (Wildman–Crippen MR) is 76.8 cm³/mol. The Morgan fingerprint density at radius 1 is 1.35 bits per heavy atom. The van der Waals surface area contributed by atoms with E-state index in [1.807, 2.05) is 11.8 Å². The second-order valence-corrected chi connectivity index (χ2v) is 6.62. The SMILES string of the molecule is CC(CN1CCCC1)NC1=NC(C(C)C)CS1. The van der Waals surface area contributed by atoms with E-state index in [0.717, 1.165) is 17.5 Å². The maximum atomic E-state index is 4.75. The zero-order valence-corrected chi connectivity index (χ0v) is 12.1. The van der Waals surface area contributed by atoms with Gasteiger partial charge >= 0.3 is 0 Å². The standard InChI is InChI=1S/C13H25N3S/c1-10(2)12-9-17-13(15-12)14-11(3)8-16-6-4-5-7-16/h10-12H,4-9H2,1-3H3,(H,14,15). The van der Waals surface area contributed by atoms with Gasteiger partial charge in [0.05, 0.1) is 6.04 Å². The summed E-state index contributed by atoms with van der Waals surface area (Å²) >= 11 is 1.89. The number of likely N-dealkylation sites (tertiary alicyclic amines) is 1. The smallest absolute Gasteiger partial charge is 0.157 e. The molecular weight excluding hydrogens is 230 g/mol. The monoisotopic (exact) mass is 255 g/mol. The predicted octanol–water partition coefficient (Wildman–Crippen LogP) is 2.19. The summed E-state index contributed by atoms with van der Waals surface area (Å²) in [5, 5.41) is 4.72. The second-order valence-electron chi connectivity index (χ2n) is 5.61. The Morgan fingerprint density at radius 3 is 2.65 bits per heavy atom. The van der Waals surface area contributed by atoms with E-state index < -0.39 is 0 Å². The summed E-state index contributed by atoms with van der Waals surface area (Å²) in [7, 11) is 0. The molecule has 17 heavy (non-hydrogen) atoms. The molecule has 2 unspecified atom stereocenters. The third-order valence-electron chi connectivity index (χ3n) is 3.54. The molecule has 1 N–H and O–H groups in total. The van der Waals surface area contributed by atoms with Crippen molar-refractivity contribution in [3.8, 4) is 0 Å². The molecule has 0 aromatic rings. The Morgan fingerprint density at radius 2 is 2.06 bits per heavy atom. The van der Waals surface area contributed by atoms with Crippen LogP contribution in [-0.4, -0.2) is 47.5 Å². The van der Waals surface area contributed by atoms with Gasteiger partial charge in [-0.25, -0.2) is 0 Å². The minimum absolute atomic E-state index is 0.515. The molecular formula is C13H25N3S. The van der Waals surface area contributed by atoms with Crippen molar-refractivity contribution < 1.29 is 0 Å². The van der Waals surface area contributed by atoms with Crippen LogP contribution in [0.4, 0.5) is 0 Å². The number of thioether (sulfide) groups is 1. The maximum absolute atomic E-state index is 4.75. The summed E-state index contributed by atoms with van der Waals surface area (Å²) in [6.07, 6.45) is 2.75. The Balaban J connectivity index is 1.74. The molecule has 0 aliphatic carbocycles. The molecule has 2 aliphatic heterocycles. The first-order valence-electron chi connectivity index (χ1n) is 6.84. The zero-order chi connectivity index (χ0) is 12.3. The first-order chi connectivity index (χ1) is 8.15. The van der Waals surface area contributed by atoms with E-state index in [4.69, 9.17) is 4.99 Å². The lowest BCUT2D eigenvalue weighted by molar-refractivity contribution is 0.312. The van der Waals surface area contributed by atoms with Crippen LogP contribution in [0, 0.1) is 5.92 Å². The van der Waals surface area contributed by atoms with Crippen molar-refractivity contribution in [3.63, 3.8) is 0 Å². The van der Waals surface area contributed by atoms with E-state index in [1.54, 1.807) is 0 Å². The molecule has 3 nitrogen and oxygen atoms in total. The van der Waals surface area contributed by atoms with Crippen molar-refractivity contribution in [2.75, 3.05) is 25.4 Å². The average molecular weight is 255 g/mol. The van der Waals surface area contributed by atoms with Crippen LogP contribution in [0.1, 0.15) is 33.6 Å². The first kappa shape index (κ1) is 13.2. The number of aliphatic imine (C=N–C) groups is 1. The van der Waals surface area contributed by atoms with E-state index >= 15 is 0 Å². The lowest BCUT2D eigenvalue weighted by Gasteiger charge is -2.21. The van der Waals surface area contributed by atoms with Gasteiger partial charge in [-0.1, -0.05) is 25.6 Å². The van der Waals surface area contributed by atoms with Crippen molar-refractivity contribution in [2.24, 2.45) is 10.9 Å². The van der Waals surface area contributed by atoms with Crippen LogP contribution in [-0.2, 0) is 0 Å². The molecule has 2 rings (SSSR count). The van der Waals surface area contributed by atoms with E-state index in [9.17, 15) is 0 Å². The molecule has 1 saturated heterocycles. The lowest BCUT2D eigenvalue weighted by atomic mass is 10.1. The molecule has 0 aromatic heterocycles. The molecule has 1 fully saturated rings. The highest BCUT2D eigenvalue weighted by Gasteiger charge is 2.22. The van der Waals surface area contributed by atoms with E-state index in [0.29, 0.717) is 18.0 Å². The van der Waals surface area contributed by atoms with Gasteiger partial charge in [0.2, 0.25) is 0 Å². The molecule has 0 spiro atoms. The van der Waals surface area contributed by atoms with Crippen LogP contribution in [0.2, 0.25) is 0 Å². The van der Waals surface area contributed by atoms with Crippen molar-refractivity contribution in [3.05, 3.63) is 0 Å². The molecule has 0 radical (unpaired) electrons. The van der Waals surface area contributed by atoms with E-state index in [1.165, 1.54) is 25.9 Å². The number of hydrogen-bond donors (Lipinski definition) is 1. The molecule has 0 amide bonds. The van der Waals surface area contributed by atoms with Gasteiger partial charge < -0.3 is 10.2 Å². The fourth-order valence-corrected chi connectivity index (χ4v) is 3.70. The quantitative estimate of drug-likeness (QED) is 0.834. The van der Waals surface area contributed by atoms with Crippen molar-refractivity contribution in [2.45, 2.75) is 45.7 Å². The highest BCUT2D eigenvalue weighted by Crippen LogP contribution is 2.22. The Labute approximate surface area is 109 Å². The minimum atomic E-state index is 0.515. The summed E-state index contributed by atoms with van der Waals surface area (Å²) in [5.74, 6) is 1.81. The third-order valence-corrected chi connectivity index (χ3v) is 4.55. The van der Waals surface area contributed by atoms with Crippen LogP contribution in [0.5, 0.6) is 0 Å². The molecule has 4 heteroatoms. The molecule has 0 saturated carbocycles. The van der Waals surface area contributed by atoms with Crippen LogP contribution < -0.4 is 5.32 Å². The number of rotatable bonds is 4. The van der Waals surface area contributed by atoms with E-state index in [-0.39, 0.29) is 0 Å². The number of nitrogens with zero attached hydrogens (tertiary/aromatic N) is 2. The van der Waals surface area contributed by atoms with Gasteiger partial charge in [0.25, 0.3) is 0 Å². The third kappa shape index (κ3) is 3.88. The van der Waals surface area contributed by atoms with Crippen LogP contribution in [0.3, 0.4) is 0 Å². The number of amidine groups is 1. The Hall–Kier alpha value is -0.220. The summed E-state index contributed by atoms with van der Waals surface area (Å²) < 4.78 is 0. The largest absolute Gasteiger partial charge is 0.361 e. The van der Waals surface area contributed by atoms with Gasteiger partial charge in [-0.3, -0.25) is 4.99 Å². The Kier molecular flexibility index (Phi) is 4.74. The molecule has 98 valence electrons. The topological polar surface area (TPSA) is 27.6 Å². The van der Waals surface area contributed by atoms with Crippen LogP contribution >= 0.6 is 11.8 Å². The fourth-order valence-electron chi connectivity index (χ4n) is 2.42. The van der Waals surface area contributed by atoms with Crippen LogP contribution in [0.15, 0.2) is 4.99 Å². The molecule has 0 bridgehead atoms. The van der Waals surface area contributed by atoms with Gasteiger partial charge in [0.15, 0.2) is 5.17 Å². The van der Waals surface area contributed by atoms with Crippen LogP contribution in [0.25, 0.3) is 0 Å². The average Bonchev–Trinajstić information content (AvgIpc) is 2.88. The van der Waals surface area contributed by atoms with Crippen molar-refractivity contribution in [1.82, 2.24) is 10.2 Å². The van der Waals surface area contributed by atoms with Gasteiger partial charge in [0, 0.05) is 18.3 Å². The van der Waals surface area contributed by atoms with E-state index in [2.05, 4.69) is 31.0 Å². The van der Waals surface area contributed by atoms with Gasteiger partial charge in [-0.05, 0) is 38.8 Å². The van der Waals surface area contributed by atoms with Gasteiger partial charge in [-0.15, -0.1) is 0 Å². The first-order valence-corrected chi connectivity index (χ1v) is 7.83. The summed E-state index contributed by atoms with van der Waals surface area (Å²) in [4.78, 5) is 7.31. The lowest BCUT2D eigenvalue weighted by Crippen LogP contribution is -2.39. The normalized spacial score (nSPS) is 27.5. The summed E-state index contributed by atoms with van der Waals surface area (Å²) in [6.45, 7) is 10.5. The maximum Gasteiger partial charge on any atom is 0.157 e. The molecule has 2 heterocycles. The zero-order valence-electron chi connectivity index (χ0n) is 11.3. The Bertz CT molecular complexity index is 272. The van der Waals surface area contributed by atoms with Crippen molar-refractivity contribution in [1.29, 1.82) is 0 Å².